The van der Waals surface area contributed by atoms with Crippen molar-refractivity contribution in [3.63, 3.8) is 0 Å². The van der Waals surface area contributed by atoms with E-state index in [4.69, 9.17) is 9.47 Å². The van der Waals surface area contributed by atoms with Crippen LogP contribution in [0.5, 0.6) is 0 Å². The SMILES string of the molecule is COC(=O)c1cc2c(cc1C(=O)OC)C1c3ccccc3C2c2ccccc21. The second-order valence-corrected chi connectivity index (χ2v) is 7.13. The van der Waals surface area contributed by atoms with Crippen LogP contribution in [0, 0.1) is 0 Å². The zero-order valence-electron chi connectivity index (χ0n) is 15.6. The summed E-state index contributed by atoms with van der Waals surface area (Å²) in [6.07, 6.45) is 0. The normalized spacial score (nSPS) is 17.9. The minimum atomic E-state index is -0.536. The summed E-state index contributed by atoms with van der Waals surface area (Å²) in [4.78, 5) is 24.8. The van der Waals surface area contributed by atoms with Gasteiger partial charge in [-0.05, 0) is 45.5 Å². The van der Waals surface area contributed by atoms with Gasteiger partial charge in [0.1, 0.15) is 0 Å². The molecule has 3 aromatic rings. The Bertz CT molecular complexity index is 1010. The molecule has 3 aliphatic carbocycles. The highest BCUT2D eigenvalue weighted by atomic mass is 16.5. The van der Waals surface area contributed by atoms with Crippen LogP contribution >= 0.6 is 0 Å². The van der Waals surface area contributed by atoms with Crippen LogP contribution in [-0.2, 0) is 9.47 Å². The van der Waals surface area contributed by atoms with E-state index in [1.54, 1.807) is 0 Å². The highest BCUT2D eigenvalue weighted by molar-refractivity contribution is 6.04. The molecule has 0 atom stereocenters. The van der Waals surface area contributed by atoms with Crippen LogP contribution in [0.4, 0.5) is 0 Å². The molecule has 0 fully saturated rings. The van der Waals surface area contributed by atoms with Gasteiger partial charge >= 0.3 is 11.9 Å². The lowest BCUT2D eigenvalue weighted by Gasteiger charge is -2.42. The van der Waals surface area contributed by atoms with Crippen molar-refractivity contribution in [3.8, 4) is 0 Å². The highest BCUT2D eigenvalue weighted by Crippen LogP contribution is 2.55. The average Bonchev–Trinajstić information content (AvgIpc) is 2.76. The van der Waals surface area contributed by atoms with Gasteiger partial charge in [-0.25, -0.2) is 9.59 Å². The molecular weight excluding hydrogens is 352 g/mol. The Morgan fingerprint density at radius 3 is 1.21 bits per heavy atom. The van der Waals surface area contributed by atoms with Crippen LogP contribution in [0.1, 0.15) is 65.9 Å². The Morgan fingerprint density at radius 2 is 0.929 bits per heavy atom. The number of hydrogen-bond donors (Lipinski definition) is 0. The number of carbonyl (C=O) groups excluding carboxylic acids is 2. The lowest BCUT2D eigenvalue weighted by Crippen LogP contribution is -2.28. The molecule has 0 radical (unpaired) electrons. The summed E-state index contributed by atoms with van der Waals surface area (Å²) in [5.41, 5.74) is 7.60. The van der Waals surface area contributed by atoms with Crippen molar-refractivity contribution in [1.29, 1.82) is 0 Å². The Morgan fingerprint density at radius 1 is 0.607 bits per heavy atom. The van der Waals surface area contributed by atoms with Crippen molar-refractivity contribution in [2.24, 2.45) is 0 Å². The van der Waals surface area contributed by atoms with E-state index >= 15 is 0 Å². The number of methoxy groups -OCH3 is 2. The molecule has 4 heteroatoms. The highest BCUT2D eigenvalue weighted by Gasteiger charge is 2.42. The summed E-state index contributed by atoms with van der Waals surface area (Å²) in [5, 5.41) is 0. The van der Waals surface area contributed by atoms with Gasteiger partial charge in [-0.1, -0.05) is 48.5 Å². The minimum absolute atomic E-state index is 0.0301. The van der Waals surface area contributed by atoms with Crippen LogP contribution in [0.25, 0.3) is 0 Å². The predicted molar refractivity (Wildman–Crippen MR) is 104 cm³/mol. The molecule has 0 aliphatic heterocycles. The van der Waals surface area contributed by atoms with Crippen molar-refractivity contribution >= 4 is 11.9 Å². The molecule has 3 aromatic carbocycles. The van der Waals surface area contributed by atoms with Gasteiger partial charge in [0, 0.05) is 11.8 Å². The molecule has 0 N–H and O–H groups in total. The predicted octanol–water partition coefficient (Wildman–Crippen LogP) is 4.25. The summed E-state index contributed by atoms with van der Waals surface area (Å²) in [7, 11) is 2.64. The van der Waals surface area contributed by atoms with Crippen molar-refractivity contribution in [3.05, 3.63) is 105 Å². The molecule has 2 bridgehead atoms. The maximum atomic E-state index is 12.4. The van der Waals surface area contributed by atoms with Gasteiger partial charge in [-0.2, -0.15) is 0 Å². The summed E-state index contributed by atoms with van der Waals surface area (Å²) >= 11 is 0. The summed E-state index contributed by atoms with van der Waals surface area (Å²) < 4.78 is 9.87. The fourth-order valence-corrected chi connectivity index (χ4v) is 4.77. The van der Waals surface area contributed by atoms with E-state index in [9.17, 15) is 9.59 Å². The second kappa shape index (κ2) is 6.06. The molecule has 3 aliphatic rings. The lowest BCUT2D eigenvalue weighted by atomic mass is 9.60. The molecule has 4 nitrogen and oxygen atoms in total. The first-order chi connectivity index (χ1) is 13.7. The molecule has 28 heavy (non-hydrogen) atoms. The van der Waals surface area contributed by atoms with Crippen molar-refractivity contribution in [2.45, 2.75) is 11.8 Å². The summed E-state index contributed by atoms with van der Waals surface area (Å²) in [5.74, 6) is -1.01. The molecule has 0 saturated carbocycles. The molecule has 0 amide bonds. The van der Waals surface area contributed by atoms with E-state index in [2.05, 4.69) is 24.3 Å². The van der Waals surface area contributed by atoms with Gasteiger partial charge < -0.3 is 9.47 Å². The van der Waals surface area contributed by atoms with Crippen LogP contribution in [-0.4, -0.2) is 26.2 Å². The van der Waals surface area contributed by atoms with Crippen LogP contribution < -0.4 is 0 Å². The molecule has 0 unspecified atom stereocenters. The van der Waals surface area contributed by atoms with Gasteiger partial charge in [-0.3, -0.25) is 0 Å². The van der Waals surface area contributed by atoms with Crippen molar-refractivity contribution < 1.29 is 19.1 Å². The Kier molecular flexibility index (Phi) is 3.63. The van der Waals surface area contributed by atoms with Crippen molar-refractivity contribution in [2.75, 3.05) is 14.2 Å². The molecule has 0 heterocycles. The Balaban J connectivity index is 1.84. The van der Waals surface area contributed by atoms with E-state index in [1.807, 2.05) is 36.4 Å². The number of benzene rings is 3. The molecule has 138 valence electrons. The maximum Gasteiger partial charge on any atom is 0.338 e. The standard InChI is InChI=1S/C24H18O4/c1-27-23(25)19-11-17-18(12-20(19)24(26)28-2)22-15-9-5-3-7-13(15)21(17)14-8-4-6-10-16(14)22/h3-12,21-22H,1-2H3. The van der Waals surface area contributed by atoms with Crippen molar-refractivity contribution in [1.82, 2.24) is 0 Å². The lowest BCUT2D eigenvalue weighted by molar-refractivity contribution is 0.0555. The largest absolute Gasteiger partial charge is 0.465 e. The zero-order chi connectivity index (χ0) is 19.4. The third-order valence-corrected chi connectivity index (χ3v) is 5.89. The third-order valence-electron chi connectivity index (χ3n) is 5.89. The smallest absolute Gasteiger partial charge is 0.338 e. The number of carbonyl (C=O) groups is 2. The van der Waals surface area contributed by atoms with Gasteiger partial charge in [0.15, 0.2) is 0 Å². The molecular formula is C24H18O4. The minimum Gasteiger partial charge on any atom is -0.465 e. The number of esters is 2. The van der Waals surface area contributed by atoms with Gasteiger partial charge in [0.25, 0.3) is 0 Å². The first kappa shape index (κ1) is 16.8. The van der Waals surface area contributed by atoms with Gasteiger partial charge in [0.05, 0.1) is 25.3 Å². The number of hydrogen-bond acceptors (Lipinski definition) is 4. The van der Waals surface area contributed by atoms with Gasteiger partial charge in [-0.15, -0.1) is 0 Å². The van der Waals surface area contributed by atoms with Crippen LogP contribution in [0.2, 0.25) is 0 Å². The van der Waals surface area contributed by atoms with Gasteiger partial charge in [0.2, 0.25) is 0 Å². The number of ether oxygens (including phenoxy) is 2. The summed E-state index contributed by atoms with van der Waals surface area (Å²) in [6, 6.07) is 20.4. The Hall–Kier alpha value is -3.40. The average molecular weight is 370 g/mol. The van der Waals surface area contributed by atoms with Crippen LogP contribution in [0.3, 0.4) is 0 Å². The number of rotatable bonds is 2. The molecule has 0 spiro atoms. The molecule has 0 saturated heterocycles. The second-order valence-electron chi connectivity index (χ2n) is 7.13. The van der Waals surface area contributed by atoms with E-state index in [-0.39, 0.29) is 23.0 Å². The third kappa shape index (κ3) is 2.12. The molecule has 6 rings (SSSR count). The Labute approximate surface area is 162 Å². The summed E-state index contributed by atoms with van der Waals surface area (Å²) in [6.45, 7) is 0. The quantitative estimate of drug-likeness (QED) is 0.436. The van der Waals surface area contributed by atoms with E-state index < -0.39 is 11.9 Å². The maximum absolute atomic E-state index is 12.4. The van der Waals surface area contributed by atoms with E-state index in [1.165, 1.54) is 36.5 Å². The van der Waals surface area contributed by atoms with E-state index in [0.717, 1.165) is 11.1 Å². The first-order valence-corrected chi connectivity index (χ1v) is 9.17. The fourth-order valence-electron chi connectivity index (χ4n) is 4.77. The topological polar surface area (TPSA) is 52.6 Å². The molecule has 0 aromatic heterocycles. The fraction of sp³-hybridized carbons (Fsp3) is 0.167. The zero-order valence-corrected chi connectivity index (χ0v) is 15.6. The van der Waals surface area contributed by atoms with E-state index in [0.29, 0.717) is 0 Å². The first-order valence-electron chi connectivity index (χ1n) is 9.17. The monoisotopic (exact) mass is 370 g/mol. The van der Waals surface area contributed by atoms with Crippen LogP contribution in [0.15, 0.2) is 60.7 Å².